The molecule has 0 spiro atoms. The summed E-state index contributed by atoms with van der Waals surface area (Å²) >= 11 is 0. The van der Waals surface area contributed by atoms with E-state index in [1.807, 2.05) is 35.5 Å². The molecule has 200 valence electrons. The molecule has 2 saturated heterocycles. The number of fused-ring (bicyclic) bond motifs is 1. The highest BCUT2D eigenvalue weighted by Crippen LogP contribution is 2.31. The first kappa shape index (κ1) is 25.2. The van der Waals surface area contributed by atoms with Crippen LogP contribution in [0.5, 0.6) is 0 Å². The van der Waals surface area contributed by atoms with Gasteiger partial charge in [0.15, 0.2) is 11.4 Å². The largest absolute Gasteiger partial charge is 0.349 e. The highest BCUT2D eigenvalue weighted by Gasteiger charge is 2.41. The van der Waals surface area contributed by atoms with Crippen LogP contribution in [-0.4, -0.2) is 62.8 Å². The average molecular weight is 526 g/mol. The molecule has 6 rings (SSSR count). The molecule has 9 heteroatoms. The lowest BCUT2D eigenvalue weighted by atomic mass is 9.97. The molecule has 1 amide bonds. The summed E-state index contributed by atoms with van der Waals surface area (Å²) in [6, 6.07) is 11.6. The second-order valence-electron chi connectivity index (χ2n) is 10.8. The zero-order valence-corrected chi connectivity index (χ0v) is 22.0. The molecule has 0 unspecified atom stereocenters. The van der Waals surface area contributed by atoms with Crippen LogP contribution in [0.15, 0.2) is 67.6 Å². The summed E-state index contributed by atoms with van der Waals surface area (Å²) in [6.07, 6.45) is 9.18. The predicted molar refractivity (Wildman–Crippen MR) is 151 cm³/mol. The molecule has 4 aromatic rings. The van der Waals surface area contributed by atoms with Crippen LogP contribution in [0.3, 0.4) is 0 Å². The molecule has 2 fully saturated rings. The van der Waals surface area contributed by atoms with E-state index in [0.29, 0.717) is 17.2 Å². The zero-order valence-electron chi connectivity index (χ0n) is 22.0. The molecule has 0 atom stereocenters. The molecule has 39 heavy (non-hydrogen) atoms. The number of alkyl halides is 1. The van der Waals surface area contributed by atoms with E-state index >= 15 is 0 Å². The number of hydrogen-bond acceptors (Lipinski definition) is 6. The van der Waals surface area contributed by atoms with Crippen molar-refractivity contribution in [1.82, 2.24) is 25.1 Å². The van der Waals surface area contributed by atoms with Crippen LogP contribution in [0.25, 0.3) is 22.0 Å². The molecule has 2 N–H and O–H groups in total. The Kier molecular flexibility index (Phi) is 6.60. The Labute approximate surface area is 227 Å². The molecular weight excluding hydrogens is 493 g/mol. The Hall–Kier alpha value is -4.11. The number of anilines is 2. The molecule has 3 aromatic heterocycles. The summed E-state index contributed by atoms with van der Waals surface area (Å²) in [6.45, 7) is 9.45. The smallest absolute Gasteiger partial charge is 0.276 e. The molecule has 1 aromatic carbocycles. The van der Waals surface area contributed by atoms with E-state index in [4.69, 9.17) is 0 Å². The number of pyridine rings is 2. The third-order valence-corrected chi connectivity index (χ3v) is 7.79. The van der Waals surface area contributed by atoms with Crippen molar-refractivity contribution in [1.29, 1.82) is 0 Å². The number of likely N-dealkylation sites (tertiary alicyclic amines) is 1. The van der Waals surface area contributed by atoms with Gasteiger partial charge in [-0.05, 0) is 73.3 Å². The minimum atomic E-state index is -1.36. The molecule has 2 aliphatic heterocycles. The number of benzene rings is 1. The van der Waals surface area contributed by atoms with Crippen LogP contribution >= 0.6 is 0 Å². The maximum Gasteiger partial charge on any atom is 0.276 e. The normalized spacial score (nSPS) is 17.6. The molecule has 2 aliphatic rings. The average Bonchev–Trinajstić information content (AvgIpc) is 3.37. The van der Waals surface area contributed by atoms with Gasteiger partial charge in [0.1, 0.15) is 5.82 Å². The summed E-state index contributed by atoms with van der Waals surface area (Å²) in [5, 5.41) is 10.8. The lowest BCUT2D eigenvalue weighted by Gasteiger charge is -2.43. The number of aromatic nitrogens is 4. The Morgan fingerprint density at radius 1 is 1.15 bits per heavy atom. The second-order valence-corrected chi connectivity index (χ2v) is 10.8. The van der Waals surface area contributed by atoms with Crippen molar-refractivity contribution in [2.24, 2.45) is 5.92 Å². The van der Waals surface area contributed by atoms with Gasteiger partial charge < -0.3 is 10.2 Å². The predicted octanol–water partition coefficient (Wildman–Crippen LogP) is 5.22. The first-order valence-electron chi connectivity index (χ1n) is 13.4. The lowest BCUT2D eigenvalue weighted by Crippen LogP contribution is -2.58. The van der Waals surface area contributed by atoms with Gasteiger partial charge in [-0.3, -0.25) is 19.8 Å². The highest BCUT2D eigenvalue weighted by molar-refractivity contribution is 6.11. The van der Waals surface area contributed by atoms with Crippen molar-refractivity contribution in [2.45, 2.75) is 32.0 Å². The first-order chi connectivity index (χ1) is 18.9. The number of carbonyl (C=O) groups excluding carboxylic acids is 1. The fourth-order valence-corrected chi connectivity index (χ4v) is 5.29. The number of carbonyl (C=O) groups is 1. The molecule has 0 aliphatic carbocycles. The third-order valence-electron chi connectivity index (χ3n) is 7.79. The van der Waals surface area contributed by atoms with Gasteiger partial charge in [0.2, 0.25) is 0 Å². The van der Waals surface area contributed by atoms with E-state index in [1.165, 1.54) is 24.5 Å². The van der Waals surface area contributed by atoms with E-state index in [1.54, 1.807) is 18.3 Å². The van der Waals surface area contributed by atoms with Crippen molar-refractivity contribution in [3.63, 3.8) is 0 Å². The second kappa shape index (κ2) is 10.2. The zero-order chi connectivity index (χ0) is 27.0. The molecule has 0 radical (unpaired) electrons. The highest BCUT2D eigenvalue weighted by atomic mass is 19.1. The Morgan fingerprint density at radius 2 is 1.97 bits per heavy atom. The van der Waals surface area contributed by atoms with Gasteiger partial charge in [0.05, 0.1) is 30.5 Å². The molecule has 8 nitrogen and oxygen atoms in total. The molecule has 0 saturated carbocycles. The number of aromatic amines is 1. The number of nitrogens with one attached hydrogen (secondary N) is 2. The van der Waals surface area contributed by atoms with Gasteiger partial charge in [0.25, 0.3) is 5.91 Å². The van der Waals surface area contributed by atoms with Crippen LogP contribution < -0.4 is 10.2 Å². The standard InChI is InChI=1S/C30H32FN7O/c1-3-30(31)18-38(19-30)27-7-5-24(16-33-27)34-29(39)28-25-13-22(4-6-26(25)35-36-28)23-12-21(14-32-15-23)17-37-10-8-20(2)9-11-37/h3-7,12-16,20H,1,8-11,17-19H2,2H3,(H,34,39)(H,35,36). The van der Waals surface area contributed by atoms with Gasteiger partial charge in [-0.1, -0.05) is 25.6 Å². The summed E-state index contributed by atoms with van der Waals surface area (Å²) in [7, 11) is 0. The fourth-order valence-electron chi connectivity index (χ4n) is 5.29. The van der Waals surface area contributed by atoms with Crippen molar-refractivity contribution in [3.8, 4) is 11.1 Å². The number of hydrogen-bond donors (Lipinski definition) is 2. The van der Waals surface area contributed by atoms with Crippen LogP contribution in [0.4, 0.5) is 15.9 Å². The SMILES string of the molecule is C=CC1(F)CN(c2ccc(NC(=O)c3n[nH]c4ccc(-c5cncc(CN6CCC(C)CC6)c5)cc34)cn2)C1. The van der Waals surface area contributed by atoms with Crippen LogP contribution in [-0.2, 0) is 6.54 Å². The molecule has 5 heterocycles. The Bertz CT molecular complexity index is 1500. The van der Waals surface area contributed by atoms with E-state index in [2.05, 4.69) is 50.0 Å². The number of rotatable bonds is 7. The van der Waals surface area contributed by atoms with Crippen molar-refractivity contribution in [2.75, 3.05) is 36.4 Å². The Balaban J connectivity index is 1.16. The first-order valence-corrected chi connectivity index (χ1v) is 13.4. The number of piperidine rings is 1. The lowest BCUT2D eigenvalue weighted by molar-refractivity contribution is 0.102. The summed E-state index contributed by atoms with van der Waals surface area (Å²) < 4.78 is 14.1. The Morgan fingerprint density at radius 3 is 2.72 bits per heavy atom. The van der Waals surface area contributed by atoms with Crippen LogP contribution in [0.2, 0.25) is 0 Å². The monoisotopic (exact) mass is 525 g/mol. The number of halogens is 1. The fraction of sp³-hybridized carbons (Fsp3) is 0.333. The van der Waals surface area contributed by atoms with E-state index in [-0.39, 0.29) is 19.0 Å². The summed E-state index contributed by atoms with van der Waals surface area (Å²) in [5.74, 6) is 1.12. The number of amides is 1. The van der Waals surface area contributed by atoms with Gasteiger partial charge in [-0.15, -0.1) is 0 Å². The van der Waals surface area contributed by atoms with Gasteiger partial charge >= 0.3 is 0 Å². The molecule has 0 bridgehead atoms. The quantitative estimate of drug-likeness (QED) is 0.322. The molecular formula is C30H32FN7O. The third kappa shape index (κ3) is 5.27. The maximum absolute atomic E-state index is 14.1. The van der Waals surface area contributed by atoms with Crippen molar-refractivity contribution >= 4 is 28.3 Å². The van der Waals surface area contributed by atoms with Gasteiger partial charge in [0, 0.05) is 29.9 Å². The van der Waals surface area contributed by atoms with E-state index in [0.717, 1.165) is 47.6 Å². The van der Waals surface area contributed by atoms with Gasteiger partial charge in [-0.2, -0.15) is 5.10 Å². The van der Waals surface area contributed by atoms with Crippen molar-refractivity contribution < 1.29 is 9.18 Å². The van der Waals surface area contributed by atoms with E-state index in [9.17, 15) is 9.18 Å². The van der Waals surface area contributed by atoms with Gasteiger partial charge in [-0.25, -0.2) is 9.37 Å². The minimum Gasteiger partial charge on any atom is -0.349 e. The minimum absolute atomic E-state index is 0.229. The van der Waals surface area contributed by atoms with Crippen LogP contribution in [0, 0.1) is 5.92 Å². The number of H-pyrrole nitrogens is 1. The van der Waals surface area contributed by atoms with Crippen molar-refractivity contribution in [3.05, 3.63) is 78.9 Å². The van der Waals surface area contributed by atoms with Crippen LogP contribution in [0.1, 0.15) is 35.8 Å². The van der Waals surface area contributed by atoms with E-state index < -0.39 is 5.67 Å². The summed E-state index contributed by atoms with van der Waals surface area (Å²) in [5.41, 5.74) is 3.42. The number of nitrogens with zero attached hydrogens (tertiary/aromatic N) is 5. The summed E-state index contributed by atoms with van der Waals surface area (Å²) in [4.78, 5) is 26.3. The maximum atomic E-state index is 14.1. The topological polar surface area (TPSA) is 90.0 Å².